The number of amides is 2. The number of methoxy groups -OCH3 is 1. The van der Waals surface area contributed by atoms with Gasteiger partial charge in [-0.25, -0.2) is 0 Å². The Labute approximate surface area is 185 Å². The molecule has 1 saturated carbocycles. The Kier molecular flexibility index (Phi) is 8.06. The summed E-state index contributed by atoms with van der Waals surface area (Å²) in [6, 6.07) is 16.4. The van der Waals surface area contributed by atoms with Gasteiger partial charge < -0.3 is 15.4 Å². The van der Waals surface area contributed by atoms with E-state index in [4.69, 9.17) is 4.74 Å². The van der Waals surface area contributed by atoms with Gasteiger partial charge in [-0.2, -0.15) is 0 Å². The second-order valence-electron chi connectivity index (χ2n) is 8.23. The van der Waals surface area contributed by atoms with Crippen LogP contribution in [0.3, 0.4) is 0 Å². The summed E-state index contributed by atoms with van der Waals surface area (Å²) in [4.78, 5) is 27.4. The minimum Gasteiger partial charge on any atom is -0.495 e. The molecule has 0 bridgehead atoms. The predicted molar refractivity (Wildman–Crippen MR) is 123 cm³/mol. The van der Waals surface area contributed by atoms with E-state index in [1.807, 2.05) is 43.3 Å². The maximum atomic E-state index is 12.7. The average molecular weight is 424 g/mol. The molecule has 2 N–H and O–H groups in total. The molecule has 0 saturated heterocycles. The van der Waals surface area contributed by atoms with Gasteiger partial charge in [0.1, 0.15) is 5.75 Å². The van der Waals surface area contributed by atoms with Crippen molar-refractivity contribution in [1.29, 1.82) is 0 Å². The van der Waals surface area contributed by atoms with E-state index < -0.39 is 0 Å². The number of rotatable bonds is 9. The molecule has 6 nitrogen and oxygen atoms in total. The van der Waals surface area contributed by atoms with E-state index >= 15 is 0 Å². The van der Waals surface area contributed by atoms with E-state index in [9.17, 15) is 9.59 Å². The minimum absolute atomic E-state index is 0.0752. The summed E-state index contributed by atoms with van der Waals surface area (Å²) in [6.45, 7) is 4.30. The third kappa shape index (κ3) is 6.31. The van der Waals surface area contributed by atoms with Crippen molar-refractivity contribution in [1.82, 2.24) is 10.2 Å². The Morgan fingerprint density at radius 1 is 1.10 bits per heavy atom. The second kappa shape index (κ2) is 11.0. The molecule has 0 aromatic heterocycles. The van der Waals surface area contributed by atoms with Crippen LogP contribution in [0.5, 0.6) is 5.75 Å². The van der Waals surface area contributed by atoms with E-state index in [2.05, 4.69) is 34.6 Å². The smallest absolute Gasteiger partial charge is 0.243 e. The highest BCUT2D eigenvalue weighted by atomic mass is 16.5. The quantitative estimate of drug-likeness (QED) is 0.638. The lowest BCUT2D eigenvalue weighted by Gasteiger charge is -2.34. The lowest BCUT2D eigenvalue weighted by Crippen LogP contribution is -2.44. The zero-order valence-electron chi connectivity index (χ0n) is 18.7. The van der Waals surface area contributed by atoms with Crippen LogP contribution in [0, 0.1) is 6.92 Å². The largest absolute Gasteiger partial charge is 0.495 e. The van der Waals surface area contributed by atoms with Crippen LogP contribution in [-0.2, 0) is 9.59 Å². The molecule has 1 atom stereocenters. The van der Waals surface area contributed by atoms with Crippen molar-refractivity contribution >= 4 is 17.5 Å². The first-order chi connectivity index (χ1) is 15.0. The predicted octanol–water partition coefficient (Wildman–Crippen LogP) is 4.06. The molecule has 2 aromatic carbocycles. The molecule has 31 heavy (non-hydrogen) atoms. The molecular formula is C25H33N3O3. The first-order valence-corrected chi connectivity index (χ1v) is 11.0. The van der Waals surface area contributed by atoms with Gasteiger partial charge in [-0.15, -0.1) is 0 Å². The Hall–Kier alpha value is -2.86. The van der Waals surface area contributed by atoms with Crippen LogP contribution in [0.1, 0.15) is 49.8 Å². The molecule has 3 rings (SSSR count). The standard InChI is InChI=1S/C25H33N3O3/c1-18-13-14-23(31-3)22(15-18)27-24(29)16-26-25(30)17-28(21-11-7-8-12-21)19(2)20-9-5-4-6-10-20/h4-6,9-10,13-15,19,21H,7-8,11-12,16-17H2,1-3H3,(H,26,30)(H,27,29). The molecule has 2 aromatic rings. The summed E-state index contributed by atoms with van der Waals surface area (Å²) in [5.74, 6) is 0.177. The Bertz CT molecular complexity index is 879. The number of nitrogens with one attached hydrogen (secondary N) is 2. The molecule has 2 amide bonds. The van der Waals surface area contributed by atoms with Crippen molar-refractivity contribution in [3.63, 3.8) is 0 Å². The van der Waals surface area contributed by atoms with Crippen LogP contribution in [0.4, 0.5) is 5.69 Å². The summed E-state index contributed by atoms with van der Waals surface area (Å²) < 4.78 is 5.30. The molecule has 0 aliphatic heterocycles. The highest BCUT2D eigenvalue weighted by Gasteiger charge is 2.29. The summed E-state index contributed by atoms with van der Waals surface area (Å²) in [7, 11) is 1.56. The fourth-order valence-electron chi connectivity index (χ4n) is 4.26. The van der Waals surface area contributed by atoms with Crippen molar-refractivity contribution in [2.24, 2.45) is 0 Å². The first kappa shape index (κ1) is 22.8. The molecule has 166 valence electrons. The summed E-state index contributed by atoms with van der Waals surface area (Å²) in [6.07, 6.45) is 4.62. The highest BCUT2D eigenvalue weighted by Crippen LogP contribution is 2.30. The van der Waals surface area contributed by atoms with Gasteiger partial charge in [0, 0.05) is 12.1 Å². The number of nitrogens with zero attached hydrogens (tertiary/aromatic N) is 1. The number of anilines is 1. The van der Waals surface area contributed by atoms with E-state index in [-0.39, 0.29) is 30.9 Å². The number of ether oxygens (including phenoxy) is 1. The maximum Gasteiger partial charge on any atom is 0.243 e. The number of benzene rings is 2. The van der Waals surface area contributed by atoms with Gasteiger partial charge in [0.2, 0.25) is 11.8 Å². The molecule has 1 unspecified atom stereocenters. The average Bonchev–Trinajstić information content (AvgIpc) is 3.31. The van der Waals surface area contributed by atoms with E-state index in [0.717, 1.165) is 18.4 Å². The highest BCUT2D eigenvalue weighted by molar-refractivity contribution is 5.96. The van der Waals surface area contributed by atoms with Crippen molar-refractivity contribution in [3.8, 4) is 5.75 Å². The monoisotopic (exact) mass is 423 g/mol. The summed E-state index contributed by atoms with van der Waals surface area (Å²) in [5, 5.41) is 5.60. The van der Waals surface area contributed by atoms with Crippen LogP contribution in [-0.4, -0.2) is 43.0 Å². The Morgan fingerprint density at radius 3 is 2.48 bits per heavy atom. The zero-order valence-corrected chi connectivity index (χ0v) is 18.7. The molecule has 6 heteroatoms. The number of hydrogen-bond donors (Lipinski definition) is 2. The fraction of sp³-hybridized carbons (Fsp3) is 0.440. The molecule has 1 aliphatic rings. The fourth-order valence-corrected chi connectivity index (χ4v) is 4.26. The molecule has 0 spiro atoms. The molecular weight excluding hydrogens is 390 g/mol. The second-order valence-corrected chi connectivity index (χ2v) is 8.23. The van der Waals surface area contributed by atoms with Gasteiger partial charge in [0.05, 0.1) is 25.9 Å². The SMILES string of the molecule is COc1ccc(C)cc1NC(=O)CNC(=O)CN(C1CCCC1)C(C)c1ccccc1. The minimum atomic E-state index is -0.277. The van der Waals surface area contributed by atoms with E-state index in [1.54, 1.807) is 7.11 Å². The number of carbonyl (C=O) groups is 2. The topological polar surface area (TPSA) is 70.7 Å². The molecule has 0 radical (unpaired) electrons. The summed E-state index contributed by atoms with van der Waals surface area (Å²) >= 11 is 0. The van der Waals surface area contributed by atoms with Crippen LogP contribution in [0.15, 0.2) is 48.5 Å². The molecule has 0 heterocycles. The third-order valence-electron chi connectivity index (χ3n) is 5.97. The Balaban J connectivity index is 1.58. The van der Waals surface area contributed by atoms with E-state index in [1.165, 1.54) is 18.4 Å². The Morgan fingerprint density at radius 2 is 1.81 bits per heavy atom. The van der Waals surface area contributed by atoms with Crippen LogP contribution < -0.4 is 15.4 Å². The lowest BCUT2D eigenvalue weighted by molar-refractivity contribution is -0.126. The number of hydrogen-bond acceptors (Lipinski definition) is 4. The van der Waals surface area contributed by atoms with Crippen molar-refractivity contribution in [3.05, 3.63) is 59.7 Å². The van der Waals surface area contributed by atoms with Gasteiger partial charge in [-0.3, -0.25) is 14.5 Å². The third-order valence-corrected chi connectivity index (χ3v) is 5.97. The van der Waals surface area contributed by atoms with Crippen molar-refractivity contribution in [2.45, 2.75) is 51.6 Å². The molecule has 1 fully saturated rings. The van der Waals surface area contributed by atoms with Crippen molar-refractivity contribution in [2.75, 3.05) is 25.5 Å². The van der Waals surface area contributed by atoms with Gasteiger partial charge in [0.15, 0.2) is 0 Å². The normalized spacial score (nSPS) is 15.0. The van der Waals surface area contributed by atoms with Gasteiger partial charge in [-0.05, 0) is 49.9 Å². The zero-order chi connectivity index (χ0) is 22.2. The van der Waals surface area contributed by atoms with Crippen molar-refractivity contribution < 1.29 is 14.3 Å². The number of aryl methyl sites for hydroxylation is 1. The van der Waals surface area contributed by atoms with Gasteiger partial charge >= 0.3 is 0 Å². The van der Waals surface area contributed by atoms with Gasteiger partial charge in [0.25, 0.3) is 0 Å². The molecule has 1 aliphatic carbocycles. The van der Waals surface area contributed by atoms with E-state index in [0.29, 0.717) is 17.5 Å². The van der Waals surface area contributed by atoms with Crippen LogP contribution in [0.2, 0.25) is 0 Å². The lowest BCUT2D eigenvalue weighted by atomic mass is 10.0. The van der Waals surface area contributed by atoms with Crippen LogP contribution >= 0.6 is 0 Å². The first-order valence-electron chi connectivity index (χ1n) is 11.0. The summed E-state index contributed by atoms with van der Waals surface area (Å²) in [5.41, 5.74) is 2.82. The van der Waals surface area contributed by atoms with Crippen LogP contribution in [0.25, 0.3) is 0 Å². The number of carbonyl (C=O) groups excluding carboxylic acids is 2. The maximum absolute atomic E-state index is 12.7. The van der Waals surface area contributed by atoms with Gasteiger partial charge in [-0.1, -0.05) is 49.2 Å².